The van der Waals surface area contributed by atoms with E-state index in [9.17, 15) is 0 Å². The van der Waals surface area contributed by atoms with Crippen LogP contribution < -0.4 is 24.8 Å². The molecule has 0 aromatic heterocycles. The summed E-state index contributed by atoms with van der Waals surface area (Å²) >= 11 is 1.51. The third kappa shape index (κ3) is 5.82. The molecule has 7 rings (SSSR count). The van der Waals surface area contributed by atoms with Gasteiger partial charge in [-0.3, -0.25) is 6.08 Å². The summed E-state index contributed by atoms with van der Waals surface area (Å²) in [5.74, 6) is 0.982. The summed E-state index contributed by atoms with van der Waals surface area (Å²) < 4.78 is 2.25. The Bertz CT molecular complexity index is 1660. The maximum atomic E-state index is 3.26. The van der Waals surface area contributed by atoms with Crippen molar-refractivity contribution in [3.05, 3.63) is 139 Å². The Balaban J connectivity index is 0.000000265. The molecular weight excluding hydrogens is 727 g/mol. The van der Waals surface area contributed by atoms with Gasteiger partial charge in [0, 0.05) is 10.8 Å². The van der Waals surface area contributed by atoms with Crippen LogP contribution in [0.1, 0.15) is 88.6 Å². The first kappa shape index (κ1) is 42.9. The van der Waals surface area contributed by atoms with Gasteiger partial charge in [0.2, 0.25) is 0 Å². The fraction of sp³-hybridized carbons (Fsp3) is 0.489. The van der Waals surface area contributed by atoms with Crippen molar-refractivity contribution in [2.75, 3.05) is 0 Å². The van der Waals surface area contributed by atoms with E-state index in [1.54, 1.807) is 0 Å². The SMILES string of the molecule is CC1=CC=CC2[CH-]C3(C)C4(C)C=CC=CC4(C)C4(C)C=CC=CC4(C)C3(C)C12C.CC1[C-]=CC(C(C)(C)C)=C1.[Cl-].[Cl-].[Zr+2]=[CH]Cc1ccccc1. The topological polar surface area (TPSA) is 0 Å². The molecule has 9 atom stereocenters. The van der Waals surface area contributed by atoms with Gasteiger partial charge in [0.1, 0.15) is 0 Å². The average Bonchev–Trinajstić information content (AvgIpc) is 3.57. The van der Waals surface area contributed by atoms with Crippen molar-refractivity contribution in [3.63, 3.8) is 0 Å². The molecule has 3 heteroatoms. The molecule has 6 aliphatic rings. The molecule has 50 heavy (non-hydrogen) atoms. The minimum atomic E-state index is 0. The number of fused-ring (bicyclic) bond motifs is 8. The van der Waals surface area contributed by atoms with Crippen LogP contribution in [-0.4, -0.2) is 3.71 Å². The fourth-order valence-electron chi connectivity index (χ4n) is 11.0. The van der Waals surface area contributed by atoms with Gasteiger partial charge in [-0.25, -0.2) is 6.08 Å². The van der Waals surface area contributed by atoms with Crippen molar-refractivity contribution < 1.29 is 49.0 Å². The van der Waals surface area contributed by atoms with E-state index in [1.165, 1.54) is 40.9 Å². The summed E-state index contributed by atoms with van der Waals surface area (Å²) in [6.45, 7) is 29.2. The first-order valence-corrected chi connectivity index (χ1v) is 19.5. The molecule has 6 aliphatic carbocycles. The van der Waals surface area contributed by atoms with Crippen LogP contribution >= 0.6 is 0 Å². The van der Waals surface area contributed by atoms with Crippen LogP contribution in [0.4, 0.5) is 0 Å². The predicted octanol–water partition coefficient (Wildman–Crippen LogP) is 6.20. The van der Waals surface area contributed by atoms with E-state index < -0.39 is 0 Å². The normalized spacial score (nSPS) is 40.9. The van der Waals surface area contributed by atoms with E-state index in [0.29, 0.717) is 17.3 Å². The Morgan fingerprint density at radius 2 is 1.30 bits per heavy atom. The number of hydrogen-bond acceptors (Lipinski definition) is 0. The Morgan fingerprint density at radius 3 is 1.78 bits per heavy atom. The second-order valence-corrected chi connectivity index (χ2v) is 18.6. The molecule has 1 aromatic rings. The van der Waals surface area contributed by atoms with Crippen molar-refractivity contribution in [2.45, 2.75) is 89.5 Å². The fourth-order valence-corrected chi connectivity index (χ4v) is 11.6. The van der Waals surface area contributed by atoms with Gasteiger partial charge in [0.15, 0.2) is 0 Å². The molecule has 2 fully saturated rings. The van der Waals surface area contributed by atoms with Crippen LogP contribution in [0.25, 0.3) is 0 Å². The molecular formula is C47H60Cl2Zr-2. The van der Waals surface area contributed by atoms with Crippen LogP contribution in [0.15, 0.2) is 120 Å². The Hall–Kier alpha value is -1.53. The number of benzene rings is 1. The van der Waals surface area contributed by atoms with E-state index in [4.69, 9.17) is 0 Å². The van der Waals surface area contributed by atoms with Crippen LogP contribution in [0.5, 0.6) is 0 Å². The summed E-state index contributed by atoms with van der Waals surface area (Å²) in [6, 6.07) is 10.5. The zero-order valence-corrected chi connectivity index (χ0v) is 36.6. The summed E-state index contributed by atoms with van der Waals surface area (Å²) in [7, 11) is 0. The predicted molar refractivity (Wildman–Crippen MR) is 205 cm³/mol. The van der Waals surface area contributed by atoms with Crippen molar-refractivity contribution in [3.8, 4) is 0 Å². The molecule has 268 valence electrons. The minimum absolute atomic E-state index is 0. The first-order valence-electron chi connectivity index (χ1n) is 18.1. The number of allylic oxidation sites excluding steroid dienone is 16. The monoisotopic (exact) mass is 784 g/mol. The molecule has 0 bridgehead atoms. The van der Waals surface area contributed by atoms with E-state index in [0.717, 1.165) is 6.42 Å². The van der Waals surface area contributed by atoms with Gasteiger partial charge in [-0.15, -0.1) is 17.4 Å². The molecule has 0 amide bonds. The van der Waals surface area contributed by atoms with Gasteiger partial charge in [-0.05, 0) is 28.6 Å². The van der Waals surface area contributed by atoms with Crippen molar-refractivity contribution in [2.24, 2.45) is 55.2 Å². The van der Waals surface area contributed by atoms with Crippen molar-refractivity contribution in [1.29, 1.82) is 0 Å². The molecule has 9 unspecified atom stereocenters. The van der Waals surface area contributed by atoms with Crippen LogP contribution in [0.3, 0.4) is 0 Å². The number of halogens is 2. The van der Waals surface area contributed by atoms with E-state index >= 15 is 0 Å². The van der Waals surface area contributed by atoms with Crippen LogP contribution in [-0.2, 0) is 30.7 Å². The summed E-state index contributed by atoms with van der Waals surface area (Å²) in [5.41, 5.74) is 4.86. The quantitative estimate of drug-likeness (QED) is 0.314. The zero-order valence-electron chi connectivity index (χ0n) is 32.7. The molecule has 0 N–H and O–H groups in total. The van der Waals surface area contributed by atoms with Crippen molar-refractivity contribution in [1.82, 2.24) is 0 Å². The van der Waals surface area contributed by atoms with Gasteiger partial charge < -0.3 is 31.2 Å². The summed E-state index contributed by atoms with van der Waals surface area (Å²) in [5, 5.41) is 0. The Morgan fingerprint density at radius 1 is 0.780 bits per heavy atom. The van der Waals surface area contributed by atoms with E-state index in [-0.39, 0.29) is 62.7 Å². The molecule has 0 nitrogen and oxygen atoms in total. The third-order valence-corrected chi connectivity index (χ3v) is 15.5. The van der Waals surface area contributed by atoms with E-state index in [1.807, 2.05) is 6.07 Å². The molecule has 0 heterocycles. The van der Waals surface area contributed by atoms with Gasteiger partial charge in [0.05, 0.1) is 0 Å². The molecule has 0 spiro atoms. The Labute approximate surface area is 333 Å². The molecule has 0 radical (unpaired) electrons. The van der Waals surface area contributed by atoms with Gasteiger partial charge in [0.25, 0.3) is 0 Å². The molecule has 0 aliphatic heterocycles. The second kappa shape index (κ2) is 14.7. The summed E-state index contributed by atoms with van der Waals surface area (Å²) in [6.07, 6.45) is 38.0. The van der Waals surface area contributed by atoms with Crippen LogP contribution in [0, 0.1) is 67.7 Å². The molecule has 1 aromatic carbocycles. The first-order chi connectivity index (χ1) is 22.3. The van der Waals surface area contributed by atoms with Crippen LogP contribution in [0.2, 0.25) is 0 Å². The summed E-state index contributed by atoms with van der Waals surface area (Å²) in [4.78, 5) is 0. The third-order valence-electron chi connectivity index (χ3n) is 15.0. The maximum absolute atomic E-state index is 3.26. The zero-order chi connectivity index (χ0) is 35.4. The standard InChI is InChI=1S/C29H37.C10H15.C8H8.2ClH.Zr/c1-21-14-13-15-22-20-27(6)25(4)18-10-9-16-23(25,2)24(3)17-11-12-19-26(24,5)29(27,8)28(21,22)7;1-8-5-6-9(7-8)10(2,3)4;1-2-8-6-4-3-5-7-8;;;/h9-20,22H,1-8H3;6-8H,1-4H3;1,3-7H,2H2;2*1H;/q2*-1;;;;+2/p-2. The van der Waals surface area contributed by atoms with Crippen molar-refractivity contribution >= 4 is 3.71 Å². The average molecular weight is 787 g/mol. The Kier molecular flexibility index (Phi) is 12.6. The van der Waals surface area contributed by atoms with Gasteiger partial charge in [-0.2, -0.15) is 11.6 Å². The second-order valence-electron chi connectivity index (χ2n) is 17.6. The molecule has 0 saturated heterocycles. The number of rotatable bonds is 2. The van der Waals surface area contributed by atoms with Gasteiger partial charge >= 0.3 is 70.3 Å². The molecule has 2 saturated carbocycles. The van der Waals surface area contributed by atoms with Gasteiger partial charge in [-0.1, -0.05) is 154 Å². The number of hydrogen-bond donors (Lipinski definition) is 0. The van der Waals surface area contributed by atoms with E-state index in [2.05, 4.69) is 203 Å².